The molecule has 0 spiro atoms. The number of hydrogen-bond acceptors (Lipinski definition) is 4. The number of rotatable bonds is 20. The molecule has 0 amide bonds. The van der Waals surface area contributed by atoms with Crippen molar-refractivity contribution < 1.29 is 19.7 Å². The van der Waals surface area contributed by atoms with E-state index in [0.29, 0.717) is 12.4 Å². The molecule has 0 saturated heterocycles. The Labute approximate surface area is 241 Å². The molecule has 0 saturated carbocycles. The molecule has 0 aromatic heterocycles. The average molecular weight is 547 g/mol. The molecule has 0 aliphatic heterocycles. The first kappa shape index (κ1) is 35.5. The molecule has 0 bridgehead atoms. The van der Waals surface area contributed by atoms with Crippen molar-refractivity contribution in [1.29, 1.82) is 0 Å². The van der Waals surface area contributed by atoms with Crippen molar-refractivity contribution in [3.05, 3.63) is 28.8 Å². The lowest BCUT2D eigenvalue weighted by molar-refractivity contribution is -0.153. The Kier molecular flexibility index (Phi) is 17.0. The fourth-order valence-corrected chi connectivity index (χ4v) is 5.18. The molecule has 226 valence electrons. The minimum atomic E-state index is -1.20. The van der Waals surface area contributed by atoms with E-state index in [-0.39, 0.29) is 17.3 Å². The summed E-state index contributed by atoms with van der Waals surface area (Å²) in [4.78, 5) is 12.4. The van der Waals surface area contributed by atoms with E-state index >= 15 is 0 Å². The predicted octanol–water partition coefficient (Wildman–Crippen LogP) is 9.70. The lowest BCUT2D eigenvalue weighted by Crippen LogP contribution is -2.26. The van der Waals surface area contributed by atoms with Crippen molar-refractivity contribution in [1.82, 2.24) is 0 Å². The molecule has 1 aromatic rings. The SMILES string of the molecule is CCCCCCCCCCCCCCCCCCOC(=O)C(O)Cc1cc(C(C)(C)C)c(O)c(C(C)(C)C)c1. The van der Waals surface area contributed by atoms with Gasteiger partial charge in [0.15, 0.2) is 6.10 Å². The molecule has 1 atom stereocenters. The van der Waals surface area contributed by atoms with Crippen LogP contribution in [0.4, 0.5) is 0 Å². The minimum Gasteiger partial charge on any atom is -0.507 e. The second-order valence-corrected chi connectivity index (χ2v) is 13.7. The van der Waals surface area contributed by atoms with Crippen LogP contribution >= 0.6 is 0 Å². The van der Waals surface area contributed by atoms with Crippen LogP contribution in [0.2, 0.25) is 0 Å². The van der Waals surface area contributed by atoms with E-state index in [1.54, 1.807) is 0 Å². The number of aliphatic hydroxyl groups is 1. The van der Waals surface area contributed by atoms with Crippen LogP contribution < -0.4 is 0 Å². The van der Waals surface area contributed by atoms with Crippen molar-refractivity contribution in [3.63, 3.8) is 0 Å². The molecule has 1 unspecified atom stereocenters. The molecule has 0 heterocycles. The normalized spacial score (nSPS) is 13.0. The maximum absolute atomic E-state index is 12.4. The molecule has 4 nitrogen and oxygen atoms in total. The van der Waals surface area contributed by atoms with E-state index in [4.69, 9.17) is 4.74 Å². The van der Waals surface area contributed by atoms with E-state index < -0.39 is 12.1 Å². The zero-order valence-corrected chi connectivity index (χ0v) is 26.7. The second kappa shape index (κ2) is 18.7. The van der Waals surface area contributed by atoms with Gasteiger partial charge in [-0.3, -0.25) is 0 Å². The molecule has 0 aliphatic rings. The molecule has 2 N–H and O–H groups in total. The molecule has 1 rings (SSSR count). The highest BCUT2D eigenvalue weighted by molar-refractivity contribution is 5.74. The van der Waals surface area contributed by atoms with Crippen LogP contribution in [0.3, 0.4) is 0 Å². The molecular weight excluding hydrogens is 484 g/mol. The van der Waals surface area contributed by atoms with Gasteiger partial charge >= 0.3 is 5.97 Å². The minimum absolute atomic E-state index is 0.185. The van der Waals surface area contributed by atoms with Crippen LogP contribution in [0.15, 0.2) is 12.1 Å². The number of aromatic hydroxyl groups is 1. The molecule has 0 aliphatic carbocycles. The Bertz CT molecular complexity index is 765. The Morgan fingerprint density at radius 2 is 1.05 bits per heavy atom. The number of benzene rings is 1. The summed E-state index contributed by atoms with van der Waals surface area (Å²) in [5.74, 6) is -0.252. The Balaban J connectivity index is 2.21. The summed E-state index contributed by atoms with van der Waals surface area (Å²) in [6.45, 7) is 15.0. The van der Waals surface area contributed by atoms with Crippen LogP contribution in [0, 0.1) is 0 Å². The highest BCUT2D eigenvalue weighted by atomic mass is 16.5. The van der Waals surface area contributed by atoms with Gasteiger partial charge in [0.2, 0.25) is 0 Å². The maximum Gasteiger partial charge on any atom is 0.335 e. The number of aliphatic hydroxyl groups excluding tert-OH is 1. The van der Waals surface area contributed by atoms with Gasteiger partial charge in [0.05, 0.1) is 6.61 Å². The summed E-state index contributed by atoms with van der Waals surface area (Å²) >= 11 is 0. The Morgan fingerprint density at radius 3 is 1.41 bits per heavy atom. The number of phenols is 1. The lowest BCUT2D eigenvalue weighted by atomic mass is 9.78. The number of carbonyl (C=O) groups is 1. The van der Waals surface area contributed by atoms with Gasteiger partial charge in [0, 0.05) is 6.42 Å². The number of hydrogen-bond donors (Lipinski definition) is 2. The van der Waals surface area contributed by atoms with Crippen molar-refractivity contribution in [2.24, 2.45) is 0 Å². The smallest absolute Gasteiger partial charge is 0.335 e. The molecule has 0 fully saturated rings. The summed E-state index contributed by atoms with van der Waals surface area (Å²) in [7, 11) is 0. The topological polar surface area (TPSA) is 66.8 Å². The van der Waals surface area contributed by atoms with E-state index in [0.717, 1.165) is 29.5 Å². The molecular formula is C35H62O4. The van der Waals surface area contributed by atoms with Crippen LogP contribution in [0.25, 0.3) is 0 Å². The number of carbonyl (C=O) groups excluding carboxylic acids is 1. The molecule has 0 radical (unpaired) electrons. The van der Waals surface area contributed by atoms with Gasteiger partial charge in [-0.25, -0.2) is 4.79 Å². The highest BCUT2D eigenvalue weighted by Gasteiger charge is 2.28. The van der Waals surface area contributed by atoms with Crippen molar-refractivity contribution in [2.45, 2.75) is 175 Å². The van der Waals surface area contributed by atoms with Crippen molar-refractivity contribution >= 4 is 5.97 Å². The summed E-state index contributed by atoms with van der Waals surface area (Å²) in [6.07, 6.45) is 19.9. The van der Waals surface area contributed by atoms with E-state index in [2.05, 4.69) is 48.5 Å². The third-order valence-corrected chi connectivity index (χ3v) is 7.73. The number of ether oxygens (including phenoxy) is 1. The number of esters is 1. The molecule has 39 heavy (non-hydrogen) atoms. The molecule has 1 aromatic carbocycles. The number of phenolic OH excluding ortho intramolecular Hbond substituents is 1. The van der Waals surface area contributed by atoms with Crippen LogP contribution in [0.1, 0.15) is 168 Å². The second-order valence-electron chi connectivity index (χ2n) is 13.7. The quantitative estimate of drug-likeness (QED) is 0.126. The van der Waals surface area contributed by atoms with E-state index in [1.807, 2.05) is 12.1 Å². The standard InChI is InChI=1S/C35H62O4/c1-8-9-10-11-12-13-14-15-16-17-18-19-20-21-22-23-24-39-33(38)31(36)27-28-25-29(34(2,3)4)32(37)30(26-28)35(5,6)7/h25-26,31,36-37H,8-24,27H2,1-7H3. The van der Waals surface area contributed by atoms with E-state index in [9.17, 15) is 15.0 Å². The Morgan fingerprint density at radius 1 is 0.692 bits per heavy atom. The van der Waals surface area contributed by atoms with Gasteiger partial charge in [-0.05, 0) is 33.9 Å². The third-order valence-electron chi connectivity index (χ3n) is 7.73. The fourth-order valence-electron chi connectivity index (χ4n) is 5.18. The van der Waals surface area contributed by atoms with Gasteiger partial charge in [-0.2, -0.15) is 0 Å². The summed E-state index contributed by atoms with van der Waals surface area (Å²) in [6, 6.07) is 3.83. The van der Waals surface area contributed by atoms with Crippen LogP contribution in [0.5, 0.6) is 5.75 Å². The first-order valence-electron chi connectivity index (χ1n) is 16.1. The zero-order valence-electron chi connectivity index (χ0n) is 26.7. The largest absolute Gasteiger partial charge is 0.507 e. The van der Waals surface area contributed by atoms with Crippen molar-refractivity contribution in [3.8, 4) is 5.75 Å². The lowest BCUT2D eigenvalue weighted by Gasteiger charge is -2.28. The Hall–Kier alpha value is -1.55. The summed E-state index contributed by atoms with van der Waals surface area (Å²) in [5, 5.41) is 21.4. The summed E-state index contributed by atoms with van der Waals surface area (Å²) < 4.78 is 5.38. The third kappa shape index (κ3) is 15.1. The number of unbranched alkanes of at least 4 members (excludes halogenated alkanes) is 15. The first-order chi connectivity index (χ1) is 18.4. The highest BCUT2D eigenvalue weighted by Crippen LogP contribution is 2.40. The summed E-state index contributed by atoms with van der Waals surface area (Å²) in [5.41, 5.74) is 2.00. The van der Waals surface area contributed by atoms with Gasteiger partial charge in [-0.1, -0.05) is 157 Å². The van der Waals surface area contributed by atoms with Gasteiger partial charge < -0.3 is 14.9 Å². The van der Waals surface area contributed by atoms with Crippen LogP contribution in [-0.4, -0.2) is 28.9 Å². The average Bonchev–Trinajstić information content (AvgIpc) is 2.85. The fraction of sp³-hybridized carbons (Fsp3) is 0.800. The predicted molar refractivity (Wildman–Crippen MR) is 166 cm³/mol. The first-order valence-corrected chi connectivity index (χ1v) is 16.1. The zero-order chi connectivity index (χ0) is 29.3. The monoisotopic (exact) mass is 546 g/mol. The van der Waals surface area contributed by atoms with Gasteiger partial charge in [-0.15, -0.1) is 0 Å². The van der Waals surface area contributed by atoms with Crippen LogP contribution in [-0.2, 0) is 26.8 Å². The molecule has 4 heteroatoms. The van der Waals surface area contributed by atoms with Gasteiger partial charge in [0.25, 0.3) is 0 Å². The van der Waals surface area contributed by atoms with E-state index in [1.165, 1.54) is 89.9 Å². The van der Waals surface area contributed by atoms with Gasteiger partial charge in [0.1, 0.15) is 5.75 Å². The van der Waals surface area contributed by atoms with Crippen molar-refractivity contribution in [2.75, 3.05) is 6.61 Å². The maximum atomic E-state index is 12.4.